The first kappa shape index (κ1) is 33.0. The first-order valence-corrected chi connectivity index (χ1v) is 15.8. The van der Waals surface area contributed by atoms with E-state index >= 15 is 0 Å². The van der Waals surface area contributed by atoms with Gasteiger partial charge in [0.2, 0.25) is 11.8 Å². The minimum Gasteiger partial charge on any atom is -0.352 e. The smallest absolute Gasteiger partial charge is 0.264 e. The zero-order valence-electron chi connectivity index (χ0n) is 23.0. The van der Waals surface area contributed by atoms with Gasteiger partial charge in [0.15, 0.2) is 0 Å². The molecule has 2 amide bonds. The number of sulfonamides is 1. The Morgan fingerprint density at radius 2 is 1.44 bits per heavy atom. The minimum absolute atomic E-state index is 0.0144. The normalized spacial score (nSPS) is 12.9. The van der Waals surface area contributed by atoms with E-state index in [0.29, 0.717) is 22.0 Å². The van der Waals surface area contributed by atoms with E-state index in [1.807, 2.05) is 20.8 Å². The lowest BCUT2D eigenvalue weighted by molar-refractivity contribution is -0.139. The van der Waals surface area contributed by atoms with Crippen LogP contribution in [-0.2, 0) is 26.2 Å². The Bertz CT molecular complexity index is 1500. The molecule has 2 atom stereocenters. The molecular formula is C29H31Cl4N3O4S. The molecule has 0 aliphatic carbocycles. The number of nitrogens with one attached hydrogen (secondary N) is 1. The fraction of sp³-hybridized carbons (Fsp3) is 0.310. The number of anilines is 1. The largest absolute Gasteiger partial charge is 0.352 e. The Morgan fingerprint density at radius 1 is 0.878 bits per heavy atom. The van der Waals surface area contributed by atoms with Gasteiger partial charge in [-0.15, -0.1) is 0 Å². The predicted octanol–water partition coefficient (Wildman–Crippen LogP) is 7.14. The highest BCUT2D eigenvalue weighted by Gasteiger charge is 2.34. The van der Waals surface area contributed by atoms with E-state index in [4.69, 9.17) is 46.4 Å². The highest BCUT2D eigenvalue weighted by molar-refractivity contribution is 7.92. The van der Waals surface area contributed by atoms with Gasteiger partial charge >= 0.3 is 0 Å². The molecule has 0 unspecified atom stereocenters. The van der Waals surface area contributed by atoms with E-state index in [2.05, 4.69) is 5.32 Å². The second-order valence-electron chi connectivity index (χ2n) is 9.61. The average molecular weight is 659 g/mol. The molecule has 41 heavy (non-hydrogen) atoms. The van der Waals surface area contributed by atoms with Gasteiger partial charge in [0.25, 0.3) is 10.0 Å². The van der Waals surface area contributed by atoms with Crippen LogP contribution >= 0.6 is 46.4 Å². The highest BCUT2D eigenvalue weighted by Crippen LogP contribution is 2.36. The Labute approximate surface area is 261 Å². The molecule has 3 rings (SSSR count). The summed E-state index contributed by atoms with van der Waals surface area (Å²) >= 11 is 25.5. The van der Waals surface area contributed by atoms with Crippen LogP contribution in [0.1, 0.15) is 38.3 Å². The SMILES string of the molecule is CC[C@H](C)NC(=O)[C@H](C)N(Cc1c(Cl)cccc1Cl)C(=O)CN(c1cccc(Cl)c1Cl)S(=O)(=O)c1ccc(C)cc1. The monoisotopic (exact) mass is 657 g/mol. The number of rotatable bonds is 11. The molecule has 0 fully saturated rings. The highest BCUT2D eigenvalue weighted by atomic mass is 35.5. The van der Waals surface area contributed by atoms with Crippen LogP contribution in [0.5, 0.6) is 0 Å². The molecule has 0 aromatic heterocycles. The zero-order valence-corrected chi connectivity index (χ0v) is 26.8. The number of carbonyl (C=O) groups is 2. The maximum atomic E-state index is 14.1. The molecule has 1 N–H and O–H groups in total. The van der Waals surface area contributed by atoms with E-state index in [1.165, 1.54) is 35.2 Å². The lowest BCUT2D eigenvalue weighted by atomic mass is 10.1. The van der Waals surface area contributed by atoms with Crippen LogP contribution in [0.4, 0.5) is 5.69 Å². The van der Waals surface area contributed by atoms with Crippen molar-refractivity contribution >= 4 is 73.9 Å². The first-order valence-electron chi connectivity index (χ1n) is 12.8. The van der Waals surface area contributed by atoms with Crippen molar-refractivity contribution in [1.82, 2.24) is 10.2 Å². The zero-order chi connectivity index (χ0) is 30.5. The summed E-state index contributed by atoms with van der Waals surface area (Å²) in [6.45, 7) is 6.33. The summed E-state index contributed by atoms with van der Waals surface area (Å²) < 4.78 is 28.8. The number of nitrogens with zero attached hydrogens (tertiary/aromatic N) is 2. The molecule has 0 aliphatic rings. The molecule has 0 saturated heterocycles. The van der Waals surface area contributed by atoms with Gasteiger partial charge in [-0.05, 0) is 63.6 Å². The van der Waals surface area contributed by atoms with E-state index in [9.17, 15) is 18.0 Å². The molecule has 0 aliphatic heterocycles. The maximum absolute atomic E-state index is 14.1. The van der Waals surface area contributed by atoms with Gasteiger partial charge in [-0.1, -0.05) is 83.2 Å². The second kappa shape index (κ2) is 14.1. The minimum atomic E-state index is -4.31. The molecular weight excluding hydrogens is 628 g/mol. The van der Waals surface area contributed by atoms with Gasteiger partial charge in [-0.3, -0.25) is 13.9 Å². The Hall–Kier alpha value is -2.49. The molecule has 3 aromatic rings. The number of amides is 2. The number of halogens is 4. The molecule has 3 aromatic carbocycles. The lowest BCUT2D eigenvalue weighted by Gasteiger charge is -2.33. The van der Waals surface area contributed by atoms with Crippen molar-refractivity contribution in [3.05, 3.63) is 91.9 Å². The molecule has 220 valence electrons. The van der Waals surface area contributed by atoms with Crippen LogP contribution in [0.3, 0.4) is 0 Å². The lowest BCUT2D eigenvalue weighted by Crippen LogP contribution is -2.52. The Morgan fingerprint density at radius 3 is 2.02 bits per heavy atom. The van der Waals surface area contributed by atoms with Crippen LogP contribution in [-0.4, -0.2) is 43.8 Å². The third-order valence-electron chi connectivity index (χ3n) is 6.65. The molecule has 0 spiro atoms. The van der Waals surface area contributed by atoms with Gasteiger partial charge in [0, 0.05) is 28.2 Å². The first-order chi connectivity index (χ1) is 19.3. The quantitative estimate of drug-likeness (QED) is 0.237. The van der Waals surface area contributed by atoms with Crippen molar-refractivity contribution in [1.29, 1.82) is 0 Å². The van der Waals surface area contributed by atoms with Crippen LogP contribution in [0.25, 0.3) is 0 Å². The van der Waals surface area contributed by atoms with Gasteiger partial charge in [0.1, 0.15) is 12.6 Å². The van der Waals surface area contributed by atoms with Crippen molar-refractivity contribution in [3.63, 3.8) is 0 Å². The number of hydrogen-bond acceptors (Lipinski definition) is 4. The van der Waals surface area contributed by atoms with E-state index in [1.54, 1.807) is 37.3 Å². The fourth-order valence-corrected chi connectivity index (χ4v) is 6.33. The van der Waals surface area contributed by atoms with Crippen molar-refractivity contribution in [2.75, 3.05) is 10.8 Å². The molecule has 0 bridgehead atoms. The Balaban J connectivity index is 2.11. The maximum Gasteiger partial charge on any atom is 0.264 e. The van der Waals surface area contributed by atoms with Crippen LogP contribution in [0, 0.1) is 6.92 Å². The topological polar surface area (TPSA) is 86.8 Å². The Kier molecular flexibility index (Phi) is 11.4. The standard InChI is InChI=1S/C29H31Cl4N3O4S/c1-5-19(3)34-29(38)20(4)35(16-22-23(30)8-6-9-24(22)31)27(37)17-36(26-11-7-10-25(32)28(26)33)41(39,40)21-14-12-18(2)13-15-21/h6-15,19-20H,5,16-17H2,1-4H3,(H,34,38)/t19-,20-/m0/s1. The number of hydrogen-bond donors (Lipinski definition) is 1. The predicted molar refractivity (Wildman–Crippen MR) is 167 cm³/mol. The molecule has 12 heteroatoms. The summed E-state index contributed by atoms with van der Waals surface area (Å²) in [5, 5.41) is 3.54. The molecule has 0 saturated carbocycles. The van der Waals surface area contributed by atoms with Gasteiger partial charge in [0.05, 0.1) is 20.6 Å². The summed E-state index contributed by atoms with van der Waals surface area (Å²) in [6, 6.07) is 14.5. The molecule has 0 radical (unpaired) electrons. The van der Waals surface area contributed by atoms with Crippen molar-refractivity contribution < 1.29 is 18.0 Å². The summed E-state index contributed by atoms with van der Waals surface area (Å²) in [7, 11) is -4.31. The fourth-order valence-electron chi connectivity index (χ4n) is 3.94. The molecule has 7 nitrogen and oxygen atoms in total. The number of benzene rings is 3. The van der Waals surface area contributed by atoms with Gasteiger partial charge < -0.3 is 10.2 Å². The summed E-state index contributed by atoms with van der Waals surface area (Å²) in [6.07, 6.45) is 0.679. The van der Waals surface area contributed by atoms with Crippen LogP contribution < -0.4 is 9.62 Å². The summed E-state index contributed by atoms with van der Waals surface area (Å²) in [5.74, 6) is -1.09. The summed E-state index contributed by atoms with van der Waals surface area (Å²) in [4.78, 5) is 28.4. The third-order valence-corrected chi connectivity index (χ3v) is 9.94. The number of aryl methyl sites for hydroxylation is 1. The van der Waals surface area contributed by atoms with Gasteiger partial charge in [-0.2, -0.15) is 0 Å². The number of carbonyl (C=O) groups excluding carboxylic acids is 2. The van der Waals surface area contributed by atoms with E-state index < -0.39 is 34.4 Å². The van der Waals surface area contributed by atoms with E-state index in [0.717, 1.165) is 9.87 Å². The second-order valence-corrected chi connectivity index (χ2v) is 13.1. The van der Waals surface area contributed by atoms with Crippen molar-refractivity contribution in [3.8, 4) is 0 Å². The van der Waals surface area contributed by atoms with Crippen molar-refractivity contribution in [2.45, 2.75) is 57.6 Å². The molecule has 0 heterocycles. The van der Waals surface area contributed by atoms with Crippen LogP contribution in [0.15, 0.2) is 65.6 Å². The van der Waals surface area contributed by atoms with Crippen LogP contribution in [0.2, 0.25) is 20.1 Å². The third kappa shape index (κ3) is 7.87. The average Bonchev–Trinajstić information content (AvgIpc) is 2.93. The summed E-state index contributed by atoms with van der Waals surface area (Å²) in [5.41, 5.74) is 1.29. The van der Waals surface area contributed by atoms with Crippen molar-refractivity contribution in [2.24, 2.45) is 0 Å². The van der Waals surface area contributed by atoms with E-state index in [-0.39, 0.29) is 33.2 Å². The van der Waals surface area contributed by atoms with Gasteiger partial charge in [-0.25, -0.2) is 8.42 Å².